The average Bonchev–Trinajstić information content (AvgIpc) is 3.37. The van der Waals surface area contributed by atoms with Crippen LogP contribution in [-0.2, 0) is 32.6 Å². The van der Waals surface area contributed by atoms with Crippen molar-refractivity contribution in [2.45, 2.75) is 51.5 Å². The Balaban J connectivity index is 1.19. The number of nitrogens with one attached hydrogen (secondary N) is 2. The Morgan fingerprint density at radius 2 is 1.68 bits per heavy atom. The number of pyridine rings is 1. The molecule has 192 valence electrons. The quantitative estimate of drug-likeness (QED) is 0.229. The van der Waals surface area contributed by atoms with Crippen LogP contribution in [0.25, 0.3) is 11.0 Å². The number of aromatic nitrogens is 3. The van der Waals surface area contributed by atoms with Crippen molar-refractivity contribution in [2.24, 2.45) is 0 Å². The zero-order valence-corrected chi connectivity index (χ0v) is 21.5. The van der Waals surface area contributed by atoms with E-state index in [2.05, 4.69) is 63.7 Å². The largest absolute Gasteiger partial charge is 0.508 e. The van der Waals surface area contributed by atoms with Crippen LogP contribution in [0.5, 0.6) is 5.75 Å². The molecule has 5 aromatic rings. The van der Waals surface area contributed by atoms with Crippen molar-refractivity contribution >= 4 is 11.0 Å². The van der Waals surface area contributed by atoms with Crippen molar-refractivity contribution in [2.75, 3.05) is 0 Å². The Bertz CT molecular complexity index is 1480. The fourth-order valence-corrected chi connectivity index (χ4v) is 5.49. The average molecular weight is 504 g/mol. The summed E-state index contributed by atoms with van der Waals surface area (Å²) in [4.78, 5) is 15.8. The molecule has 1 aliphatic rings. The van der Waals surface area contributed by atoms with E-state index in [1.165, 1.54) is 28.8 Å². The first kappa shape index (κ1) is 24.3. The number of imidazole rings is 1. The molecule has 0 spiro atoms. The van der Waals surface area contributed by atoms with E-state index in [9.17, 15) is 5.11 Å². The van der Waals surface area contributed by atoms with Gasteiger partial charge in [-0.2, -0.15) is 0 Å². The summed E-state index contributed by atoms with van der Waals surface area (Å²) in [5, 5.41) is 13.4. The van der Waals surface area contributed by atoms with Crippen LogP contribution in [0.3, 0.4) is 0 Å². The van der Waals surface area contributed by atoms with E-state index in [-0.39, 0.29) is 6.04 Å². The maximum atomic E-state index is 9.99. The summed E-state index contributed by atoms with van der Waals surface area (Å²) in [6.07, 6.45) is 5.29. The third-order valence-electron chi connectivity index (χ3n) is 7.44. The van der Waals surface area contributed by atoms with E-state index >= 15 is 0 Å². The Morgan fingerprint density at radius 3 is 2.55 bits per heavy atom. The molecule has 6 heteroatoms. The van der Waals surface area contributed by atoms with E-state index in [0.717, 1.165) is 54.9 Å². The first-order valence-electron chi connectivity index (χ1n) is 13.4. The molecule has 2 heterocycles. The normalized spacial score (nSPS) is 15.1. The third kappa shape index (κ3) is 5.47. The molecule has 1 atom stereocenters. The molecule has 0 fully saturated rings. The lowest BCUT2D eigenvalue weighted by Crippen LogP contribution is -2.31. The molecule has 3 N–H and O–H groups in total. The van der Waals surface area contributed by atoms with E-state index in [1.54, 1.807) is 6.07 Å². The van der Waals surface area contributed by atoms with Crippen LogP contribution >= 0.6 is 0 Å². The predicted octanol–water partition coefficient (Wildman–Crippen LogP) is 6.03. The van der Waals surface area contributed by atoms with Gasteiger partial charge in [-0.05, 0) is 60.2 Å². The molecule has 0 saturated heterocycles. The van der Waals surface area contributed by atoms with Crippen molar-refractivity contribution in [1.82, 2.24) is 25.2 Å². The number of benzene rings is 3. The molecule has 2 aromatic heterocycles. The lowest BCUT2D eigenvalue weighted by atomic mass is 9.90. The highest BCUT2D eigenvalue weighted by Crippen LogP contribution is 2.34. The fraction of sp³-hybridized carbons (Fsp3) is 0.250. The van der Waals surface area contributed by atoms with Gasteiger partial charge in [-0.15, -0.1) is 0 Å². The summed E-state index contributed by atoms with van der Waals surface area (Å²) in [7, 11) is 0. The molecular weight excluding hydrogens is 470 g/mol. The van der Waals surface area contributed by atoms with Crippen molar-refractivity contribution in [3.05, 3.63) is 125 Å². The van der Waals surface area contributed by atoms with Crippen LogP contribution in [0, 0.1) is 0 Å². The van der Waals surface area contributed by atoms with Crippen LogP contribution in [0.4, 0.5) is 0 Å². The Kier molecular flexibility index (Phi) is 7.16. The molecule has 0 radical (unpaired) electrons. The minimum absolute atomic E-state index is 0.257. The number of phenols is 1. The number of rotatable bonds is 9. The second-order valence-electron chi connectivity index (χ2n) is 10.1. The topological polar surface area (TPSA) is 77.1 Å². The predicted molar refractivity (Wildman–Crippen MR) is 150 cm³/mol. The number of para-hydroxylation sites is 3. The summed E-state index contributed by atoms with van der Waals surface area (Å²) in [5.74, 6) is 1.32. The van der Waals surface area contributed by atoms with Gasteiger partial charge in [0.1, 0.15) is 11.6 Å². The number of fused-ring (bicyclic) bond motifs is 2. The molecule has 38 heavy (non-hydrogen) atoms. The first-order chi connectivity index (χ1) is 18.7. The second-order valence-corrected chi connectivity index (χ2v) is 10.1. The molecule has 6 nitrogen and oxygen atoms in total. The minimum atomic E-state index is 0.257. The molecule has 1 aliphatic carbocycles. The highest BCUT2D eigenvalue weighted by molar-refractivity contribution is 5.74. The number of aryl methyl sites for hydroxylation is 1. The van der Waals surface area contributed by atoms with Gasteiger partial charge in [-0.1, -0.05) is 60.7 Å². The van der Waals surface area contributed by atoms with Crippen LogP contribution in [-0.4, -0.2) is 25.0 Å². The second kappa shape index (κ2) is 11.2. The molecule has 1 unspecified atom stereocenters. The van der Waals surface area contributed by atoms with E-state index in [0.29, 0.717) is 12.3 Å². The molecule has 0 saturated carbocycles. The van der Waals surface area contributed by atoms with Gasteiger partial charge in [0.25, 0.3) is 0 Å². The van der Waals surface area contributed by atoms with E-state index < -0.39 is 0 Å². The summed E-state index contributed by atoms with van der Waals surface area (Å²) in [6, 6.07) is 29.1. The highest BCUT2D eigenvalue weighted by Gasteiger charge is 2.28. The van der Waals surface area contributed by atoms with Gasteiger partial charge in [-0.3, -0.25) is 9.88 Å². The zero-order valence-electron chi connectivity index (χ0n) is 21.5. The maximum absolute atomic E-state index is 9.99. The SMILES string of the molecule is Oc1ccccc1CNCc1ccc(CN(Cc2nc3ccccc3[nH]2)C2CCCc3cccnc32)cc1. The van der Waals surface area contributed by atoms with E-state index in [4.69, 9.17) is 9.97 Å². The number of nitrogens with zero attached hydrogens (tertiary/aromatic N) is 3. The maximum Gasteiger partial charge on any atom is 0.121 e. The smallest absolute Gasteiger partial charge is 0.121 e. The van der Waals surface area contributed by atoms with Gasteiger partial charge in [0, 0.05) is 31.4 Å². The molecule has 0 bridgehead atoms. The lowest BCUT2D eigenvalue weighted by Gasteiger charge is -2.34. The number of hydrogen-bond donors (Lipinski definition) is 3. The number of aromatic amines is 1. The summed E-state index contributed by atoms with van der Waals surface area (Å²) in [6.45, 7) is 2.94. The molecule has 0 amide bonds. The third-order valence-corrected chi connectivity index (χ3v) is 7.44. The van der Waals surface area contributed by atoms with Gasteiger partial charge >= 0.3 is 0 Å². The van der Waals surface area contributed by atoms with Gasteiger partial charge in [0.2, 0.25) is 0 Å². The van der Waals surface area contributed by atoms with Gasteiger partial charge in [-0.25, -0.2) is 4.98 Å². The standard InChI is InChI=1S/C32H33N5O/c38-30-13-4-1-7-26(30)20-33-19-23-14-16-24(17-15-23)21-37(22-31-35-27-10-2-3-11-28(27)36-31)29-12-5-8-25-9-6-18-34-32(25)29/h1-4,6-7,9-11,13-18,29,33,38H,5,8,12,19-22H2,(H,35,36). The van der Waals surface area contributed by atoms with Crippen LogP contribution in [0.2, 0.25) is 0 Å². The van der Waals surface area contributed by atoms with Gasteiger partial charge in [0.15, 0.2) is 0 Å². The van der Waals surface area contributed by atoms with Crippen LogP contribution in [0.15, 0.2) is 91.1 Å². The molecule has 0 aliphatic heterocycles. The minimum Gasteiger partial charge on any atom is -0.508 e. The Morgan fingerprint density at radius 1 is 0.868 bits per heavy atom. The molecule has 3 aromatic carbocycles. The highest BCUT2D eigenvalue weighted by atomic mass is 16.3. The van der Waals surface area contributed by atoms with E-state index in [1.807, 2.05) is 36.5 Å². The van der Waals surface area contributed by atoms with Crippen LogP contribution < -0.4 is 5.32 Å². The van der Waals surface area contributed by atoms with Crippen molar-refractivity contribution < 1.29 is 5.11 Å². The van der Waals surface area contributed by atoms with Crippen molar-refractivity contribution in [1.29, 1.82) is 0 Å². The number of aromatic hydroxyl groups is 1. The van der Waals surface area contributed by atoms with Crippen molar-refractivity contribution in [3.63, 3.8) is 0 Å². The Hall–Kier alpha value is -4.00. The lowest BCUT2D eigenvalue weighted by molar-refractivity contribution is 0.153. The summed E-state index contributed by atoms with van der Waals surface area (Å²) < 4.78 is 0. The fourth-order valence-electron chi connectivity index (χ4n) is 5.49. The number of phenolic OH excluding ortho intramolecular Hbond substituents is 1. The van der Waals surface area contributed by atoms with Crippen molar-refractivity contribution in [3.8, 4) is 5.75 Å². The van der Waals surface area contributed by atoms with Gasteiger partial charge in [0.05, 0.1) is 29.3 Å². The monoisotopic (exact) mass is 503 g/mol. The Labute approximate surface area is 223 Å². The molecule has 6 rings (SSSR count). The summed E-state index contributed by atoms with van der Waals surface area (Å²) >= 11 is 0. The first-order valence-corrected chi connectivity index (χ1v) is 13.4. The summed E-state index contributed by atoms with van der Waals surface area (Å²) in [5.41, 5.74) is 8.05. The number of H-pyrrole nitrogens is 1. The van der Waals surface area contributed by atoms with Gasteiger partial charge < -0.3 is 15.4 Å². The van der Waals surface area contributed by atoms with Crippen LogP contribution in [0.1, 0.15) is 52.7 Å². The number of hydrogen-bond acceptors (Lipinski definition) is 5. The molecular formula is C32H33N5O. The zero-order chi connectivity index (χ0) is 25.7.